The van der Waals surface area contributed by atoms with E-state index in [0.717, 1.165) is 12.8 Å². The van der Waals surface area contributed by atoms with Gasteiger partial charge in [0.2, 0.25) is 6.43 Å². The van der Waals surface area contributed by atoms with Gasteiger partial charge in [-0.2, -0.15) is 0 Å². The van der Waals surface area contributed by atoms with Crippen LogP contribution >= 0.6 is 0 Å². The fourth-order valence-corrected chi connectivity index (χ4v) is 2.52. The van der Waals surface area contributed by atoms with Gasteiger partial charge in [0.25, 0.3) is 0 Å². The number of hydrogen-bond donors (Lipinski definition) is 1. The van der Waals surface area contributed by atoms with Crippen molar-refractivity contribution in [3.63, 3.8) is 0 Å². The van der Waals surface area contributed by atoms with E-state index in [-0.39, 0.29) is 0 Å². The summed E-state index contributed by atoms with van der Waals surface area (Å²) in [7, 11) is 0. The third kappa shape index (κ3) is 1.73. The Morgan fingerprint density at radius 3 is 2.13 bits per heavy atom. The number of alkyl halides is 2. The number of hydrogen-bond acceptors (Lipinski definition) is 2. The summed E-state index contributed by atoms with van der Waals surface area (Å²) in [6, 6.07) is -0.972. The van der Waals surface area contributed by atoms with Gasteiger partial charge in [-0.3, -0.25) is 9.69 Å². The topological polar surface area (TPSA) is 40.5 Å². The Balaban J connectivity index is 2.16. The summed E-state index contributed by atoms with van der Waals surface area (Å²) >= 11 is 0. The van der Waals surface area contributed by atoms with Crippen LogP contribution in [0.2, 0.25) is 0 Å². The van der Waals surface area contributed by atoms with Gasteiger partial charge < -0.3 is 5.11 Å². The molecule has 3 nitrogen and oxygen atoms in total. The van der Waals surface area contributed by atoms with Gasteiger partial charge in [-0.15, -0.1) is 0 Å². The molecule has 1 aliphatic heterocycles. The van der Waals surface area contributed by atoms with Crippen LogP contribution in [0, 0.1) is 5.41 Å². The fraction of sp³-hybridized carbons (Fsp3) is 0.900. The van der Waals surface area contributed by atoms with E-state index in [1.807, 2.05) is 0 Å². The second kappa shape index (κ2) is 3.70. The second-order valence-corrected chi connectivity index (χ2v) is 4.52. The minimum absolute atomic E-state index is 0.345. The standard InChI is InChI=1S/C10H15F2NO2/c11-9(12)10(3-4-10)7(8(14)15)13-5-1-2-6-13/h7,9H,1-6H2,(H,14,15). The van der Waals surface area contributed by atoms with E-state index in [9.17, 15) is 13.6 Å². The molecule has 1 aliphatic carbocycles. The van der Waals surface area contributed by atoms with Crippen LogP contribution in [0.15, 0.2) is 0 Å². The quantitative estimate of drug-likeness (QED) is 0.780. The molecule has 0 aromatic heterocycles. The average molecular weight is 219 g/mol. The van der Waals surface area contributed by atoms with Crippen LogP contribution in [0.5, 0.6) is 0 Å². The van der Waals surface area contributed by atoms with Gasteiger partial charge in [0.15, 0.2) is 0 Å². The third-order valence-corrected chi connectivity index (χ3v) is 3.55. The number of rotatable bonds is 4. The van der Waals surface area contributed by atoms with Crippen LogP contribution in [0.1, 0.15) is 25.7 Å². The van der Waals surface area contributed by atoms with E-state index in [1.54, 1.807) is 4.90 Å². The van der Waals surface area contributed by atoms with E-state index in [2.05, 4.69) is 0 Å². The normalized spacial score (nSPS) is 26.9. The molecule has 2 aliphatic rings. The van der Waals surface area contributed by atoms with Gasteiger partial charge in [-0.05, 0) is 38.8 Å². The van der Waals surface area contributed by atoms with Crippen molar-refractivity contribution >= 4 is 5.97 Å². The van der Waals surface area contributed by atoms with E-state index >= 15 is 0 Å². The lowest BCUT2D eigenvalue weighted by molar-refractivity contribution is -0.149. The van der Waals surface area contributed by atoms with Crippen molar-refractivity contribution in [2.45, 2.75) is 38.2 Å². The molecule has 15 heavy (non-hydrogen) atoms. The maximum atomic E-state index is 12.8. The average Bonchev–Trinajstić information content (AvgIpc) is 2.75. The summed E-state index contributed by atoms with van der Waals surface area (Å²) in [6.45, 7) is 1.29. The van der Waals surface area contributed by atoms with Crippen LogP contribution in [-0.2, 0) is 4.79 Å². The minimum atomic E-state index is -2.51. The maximum Gasteiger partial charge on any atom is 0.321 e. The first-order valence-corrected chi connectivity index (χ1v) is 5.33. The van der Waals surface area contributed by atoms with Crippen molar-refractivity contribution in [1.82, 2.24) is 4.90 Å². The zero-order valence-electron chi connectivity index (χ0n) is 8.46. The molecule has 0 spiro atoms. The molecular formula is C10H15F2NO2. The molecule has 86 valence electrons. The molecule has 1 unspecified atom stereocenters. The number of halogens is 2. The number of carboxylic acid groups (broad SMARTS) is 1. The monoisotopic (exact) mass is 219 g/mol. The predicted octanol–water partition coefficient (Wildman–Crippen LogP) is 1.58. The Morgan fingerprint density at radius 1 is 1.27 bits per heavy atom. The first-order valence-electron chi connectivity index (χ1n) is 5.33. The van der Waals surface area contributed by atoms with Gasteiger partial charge in [-0.1, -0.05) is 0 Å². The number of carbonyl (C=O) groups is 1. The van der Waals surface area contributed by atoms with Crippen LogP contribution in [0.4, 0.5) is 8.78 Å². The molecule has 2 fully saturated rings. The summed E-state index contributed by atoms with van der Waals surface area (Å²) in [5, 5.41) is 9.08. The zero-order valence-corrected chi connectivity index (χ0v) is 8.46. The van der Waals surface area contributed by atoms with Gasteiger partial charge in [0.1, 0.15) is 6.04 Å². The van der Waals surface area contributed by atoms with Crippen LogP contribution in [0.3, 0.4) is 0 Å². The smallest absolute Gasteiger partial charge is 0.321 e. The maximum absolute atomic E-state index is 12.8. The van der Waals surface area contributed by atoms with Gasteiger partial charge in [0, 0.05) is 0 Å². The Morgan fingerprint density at radius 2 is 1.80 bits per heavy atom. The Kier molecular flexibility index (Phi) is 2.66. The van der Waals surface area contributed by atoms with E-state index in [0.29, 0.717) is 25.9 Å². The summed E-state index contributed by atoms with van der Waals surface area (Å²) in [5.74, 6) is -1.09. The lowest BCUT2D eigenvalue weighted by Crippen LogP contribution is -2.48. The number of nitrogens with zero attached hydrogens (tertiary/aromatic N) is 1. The first-order chi connectivity index (χ1) is 7.08. The van der Waals surface area contributed by atoms with Crippen molar-refractivity contribution in [2.24, 2.45) is 5.41 Å². The lowest BCUT2D eigenvalue weighted by Gasteiger charge is -2.30. The molecule has 1 heterocycles. The molecule has 0 aromatic rings. The molecular weight excluding hydrogens is 204 g/mol. The molecule has 1 N–H and O–H groups in total. The molecule has 1 saturated heterocycles. The predicted molar refractivity (Wildman–Crippen MR) is 49.9 cm³/mol. The third-order valence-electron chi connectivity index (χ3n) is 3.55. The van der Waals surface area contributed by atoms with Crippen LogP contribution in [-0.4, -0.2) is 41.5 Å². The van der Waals surface area contributed by atoms with E-state index in [1.165, 1.54) is 0 Å². The number of carboxylic acids is 1. The Labute approximate surface area is 87.1 Å². The SMILES string of the molecule is O=C(O)C(N1CCCC1)C1(C(F)F)CC1. The minimum Gasteiger partial charge on any atom is -0.480 e. The molecule has 1 saturated carbocycles. The fourth-order valence-electron chi connectivity index (χ4n) is 2.52. The molecule has 2 rings (SSSR count). The largest absolute Gasteiger partial charge is 0.480 e. The summed E-state index contributed by atoms with van der Waals surface area (Å²) in [4.78, 5) is 12.8. The number of likely N-dealkylation sites (tertiary alicyclic amines) is 1. The van der Waals surface area contributed by atoms with Crippen LogP contribution in [0.25, 0.3) is 0 Å². The van der Waals surface area contributed by atoms with Crippen LogP contribution < -0.4 is 0 Å². The summed E-state index contributed by atoms with van der Waals surface area (Å²) in [6.07, 6.45) is 0.0156. The van der Waals surface area contributed by atoms with Gasteiger partial charge >= 0.3 is 5.97 Å². The summed E-state index contributed by atoms with van der Waals surface area (Å²) in [5.41, 5.74) is -1.25. The van der Waals surface area contributed by atoms with E-state index in [4.69, 9.17) is 5.11 Å². The molecule has 1 atom stereocenters. The van der Waals surface area contributed by atoms with Crippen molar-refractivity contribution in [2.75, 3.05) is 13.1 Å². The zero-order chi connectivity index (χ0) is 11.1. The highest BCUT2D eigenvalue weighted by Crippen LogP contribution is 2.55. The molecule has 0 radical (unpaired) electrons. The second-order valence-electron chi connectivity index (χ2n) is 4.52. The van der Waals surface area contributed by atoms with Crippen molar-refractivity contribution in [1.29, 1.82) is 0 Å². The van der Waals surface area contributed by atoms with Crippen molar-refractivity contribution in [3.8, 4) is 0 Å². The molecule has 5 heteroatoms. The first kappa shape index (κ1) is 10.8. The van der Waals surface area contributed by atoms with Crippen molar-refractivity contribution < 1.29 is 18.7 Å². The van der Waals surface area contributed by atoms with Gasteiger partial charge in [-0.25, -0.2) is 8.78 Å². The Hall–Kier alpha value is -0.710. The Bertz CT molecular complexity index is 260. The van der Waals surface area contributed by atoms with E-state index < -0.39 is 23.9 Å². The van der Waals surface area contributed by atoms with Gasteiger partial charge in [0.05, 0.1) is 5.41 Å². The molecule has 0 bridgehead atoms. The highest BCUT2D eigenvalue weighted by Gasteiger charge is 2.61. The summed E-state index contributed by atoms with van der Waals surface area (Å²) < 4.78 is 25.7. The molecule has 0 amide bonds. The molecule has 0 aromatic carbocycles. The number of aliphatic carboxylic acids is 1. The highest BCUT2D eigenvalue weighted by molar-refractivity contribution is 5.75. The van der Waals surface area contributed by atoms with Crippen molar-refractivity contribution in [3.05, 3.63) is 0 Å². The highest BCUT2D eigenvalue weighted by atomic mass is 19.3. The lowest BCUT2D eigenvalue weighted by atomic mass is 9.95.